The summed E-state index contributed by atoms with van der Waals surface area (Å²) in [5, 5.41) is 9.36. The maximum atomic E-state index is 12.6. The highest BCUT2D eigenvalue weighted by Gasteiger charge is 2.22. The molecule has 1 unspecified atom stereocenters. The zero-order valence-corrected chi connectivity index (χ0v) is 16.1. The molecule has 1 aromatic heterocycles. The highest BCUT2D eigenvalue weighted by atomic mass is 32.2. The van der Waals surface area contributed by atoms with Crippen molar-refractivity contribution in [2.45, 2.75) is 24.2 Å². The van der Waals surface area contributed by atoms with Crippen LogP contribution in [0.4, 0.5) is 5.13 Å². The van der Waals surface area contributed by atoms with E-state index in [1.165, 1.54) is 18.3 Å². The van der Waals surface area contributed by atoms with Crippen LogP contribution in [-0.4, -0.2) is 24.5 Å². The van der Waals surface area contributed by atoms with Crippen molar-refractivity contribution < 1.29 is 18.3 Å². The number of carboxylic acid groups (broad SMARTS) is 1. The first-order valence-corrected chi connectivity index (χ1v) is 10.6. The van der Waals surface area contributed by atoms with E-state index in [1.807, 2.05) is 30.3 Å². The van der Waals surface area contributed by atoms with Crippen LogP contribution in [0, 0.1) is 0 Å². The molecule has 0 saturated carbocycles. The molecule has 2 N–H and O–H groups in total. The third-order valence-electron chi connectivity index (χ3n) is 4.07. The van der Waals surface area contributed by atoms with Crippen LogP contribution in [0.3, 0.4) is 0 Å². The molecule has 6 nitrogen and oxygen atoms in total. The molecular weight excluding hydrogens is 384 g/mol. The molecule has 1 atom stereocenters. The van der Waals surface area contributed by atoms with Gasteiger partial charge in [0.25, 0.3) is 10.0 Å². The van der Waals surface area contributed by atoms with Crippen LogP contribution in [0.5, 0.6) is 0 Å². The summed E-state index contributed by atoms with van der Waals surface area (Å²) in [6.45, 7) is 1.76. The Morgan fingerprint density at radius 2 is 1.74 bits per heavy atom. The molecule has 0 bridgehead atoms. The predicted octanol–water partition coefficient (Wildman–Crippen LogP) is 4.19. The molecule has 0 radical (unpaired) electrons. The first kappa shape index (κ1) is 19.1. The smallest absolute Gasteiger partial charge is 0.311 e. The van der Waals surface area contributed by atoms with E-state index >= 15 is 0 Å². The second kappa shape index (κ2) is 7.89. The van der Waals surface area contributed by atoms with Crippen LogP contribution in [0.25, 0.3) is 11.1 Å². The molecule has 8 heteroatoms. The maximum absolute atomic E-state index is 12.6. The quantitative estimate of drug-likeness (QED) is 0.618. The second-order valence-electron chi connectivity index (χ2n) is 5.86. The third kappa shape index (κ3) is 4.35. The molecule has 0 saturated heterocycles. The molecule has 0 aliphatic heterocycles. The molecule has 3 aromatic rings. The molecular formula is C19H18N2O4S2. The van der Waals surface area contributed by atoms with Crippen LogP contribution < -0.4 is 4.72 Å². The summed E-state index contributed by atoms with van der Waals surface area (Å²) in [6.07, 6.45) is 1.81. The van der Waals surface area contributed by atoms with Gasteiger partial charge < -0.3 is 5.11 Å². The minimum absolute atomic E-state index is 0.115. The SMILES string of the molecule is CCC(C(=O)O)c1cnc(NS(=O)(=O)c2ccc(-c3ccccc3)cc2)s1. The Balaban J connectivity index is 1.79. The highest BCUT2D eigenvalue weighted by Crippen LogP contribution is 2.30. The van der Waals surface area contributed by atoms with E-state index in [-0.39, 0.29) is 10.0 Å². The standard InChI is InChI=1S/C19H18N2O4S2/c1-2-16(18(22)23)17-12-20-19(26-17)21-27(24,25)15-10-8-14(9-11-15)13-6-4-3-5-7-13/h3-12,16H,2H2,1H3,(H,20,21)(H,22,23). The van der Waals surface area contributed by atoms with Crippen molar-refractivity contribution >= 4 is 32.5 Å². The highest BCUT2D eigenvalue weighted by molar-refractivity contribution is 7.93. The number of anilines is 1. The number of thiazole rings is 1. The molecule has 27 heavy (non-hydrogen) atoms. The minimum atomic E-state index is -3.80. The number of hydrogen-bond acceptors (Lipinski definition) is 5. The van der Waals surface area contributed by atoms with Gasteiger partial charge in [0.05, 0.1) is 10.8 Å². The summed E-state index contributed by atoms with van der Waals surface area (Å²) in [4.78, 5) is 15.9. The summed E-state index contributed by atoms with van der Waals surface area (Å²) in [7, 11) is -3.80. The summed E-state index contributed by atoms with van der Waals surface area (Å²) in [5.41, 5.74) is 1.91. The predicted molar refractivity (Wildman–Crippen MR) is 105 cm³/mol. The third-order valence-corrected chi connectivity index (χ3v) is 6.58. The molecule has 0 aliphatic carbocycles. The number of hydrogen-bond donors (Lipinski definition) is 2. The van der Waals surface area contributed by atoms with Crippen LogP contribution in [0.1, 0.15) is 24.1 Å². The molecule has 2 aromatic carbocycles. The van der Waals surface area contributed by atoms with Crippen molar-refractivity contribution in [3.05, 3.63) is 65.7 Å². The van der Waals surface area contributed by atoms with E-state index in [2.05, 4.69) is 9.71 Å². The number of carboxylic acids is 1. The van der Waals surface area contributed by atoms with Gasteiger partial charge in [-0.25, -0.2) is 13.4 Å². The van der Waals surface area contributed by atoms with Crippen molar-refractivity contribution in [2.24, 2.45) is 0 Å². The molecule has 1 heterocycles. The number of aromatic nitrogens is 1. The van der Waals surface area contributed by atoms with Crippen molar-refractivity contribution in [2.75, 3.05) is 4.72 Å². The Labute approximate surface area is 161 Å². The number of rotatable bonds is 7. The molecule has 3 rings (SSSR count). The number of aliphatic carboxylic acids is 1. The van der Waals surface area contributed by atoms with Crippen molar-refractivity contribution in [1.82, 2.24) is 4.98 Å². The second-order valence-corrected chi connectivity index (χ2v) is 8.61. The van der Waals surface area contributed by atoms with Gasteiger partial charge in [0.2, 0.25) is 0 Å². The molecule has 0 fully saturated rings. The maximum Gasteiger partial charge on any atom is 0.311 e. The van der Waals surface area contributed by atoms with Crippen molar-refractivity contribution in [3.8, 4) is 11.1 Å². The zero-order valence-electron chi connectivity index (χ0n) is 14.5. The van der Waals surface area contributed by atoms with Crippen LogP contribution in [-0.2, 0) is 14.8 Å². The Kier molecular flexibility index (Phi) is 5.57. The molecule has 140 valence electrons. The van der Waals surface area contributed by atoms with Gasteiger partial charge in [-0.1, -0.05) is 49.4 Å². The topological polar surface area (TPSA) is 96.4 Å². The number of benzene rings is 2. The van der Waals surface area contributed by atoms with Crippen molar-refractivity contribution in [1.29, 1.82) is 0 Å². The Bertz CT molecular complexity index is 1030. The summed E-state index contributed by atoms with van der Waals surface area (Å²) < 4.78 is 27.6. The van der Waals surface area contributed by atoms with Crippen LogP contribution in [0.15, 0.2) is 65.7 Å². The van der Waals surface area contributed by atoms with Gasteiger partial charge in [-0.15, -0.1) is 11.3 Å². The Morgan fingerprint density at radius 1 is 1.11 bits per heavy atom. The molecule has 0 aliphatic rings. The fourth-order valence-corrected chi connectivity index (χ4v) is 4.86. The first-order valence-electron chi connectivity index (χ1n) is 8.27. The van der Waals surface area contributed by atoms with Gasteiger partial charge in [-0.05, 0) is 29.7 Å². The number of carbonyl (C=O) groups is 1. The number of sulfonamides is 1. The average molecular weight is 402 g/mol. The van der Waals surface area contributed by atoms with Gasteiger partial charge in [-0.3, -0.25) is 9.52 Å². The van der Waals surface area contributed by atoms with E-state index in [0.717, 1.165) is 22.5 Å². The summed E-state index contributed by atoms with van der Waals surface area (Å²) in [6, 6.07) is 16.2. The lowest BCUT2D eigenvalue weighted by molar-refractivity contribution is -0.138. The van der Waals surface area contributed by atoms with E-state index in [1.54, 1.807) is 19.1 Å². The van der Waals surface area contributed by atoms with Gasteiger partial charge >= 0.3 is 5.97 Å². The van der Waals surface area contributed by atoms with Gasteiger partial charge in [0.1, 0.15) is 0 Å². The van der Waals surface area contributed by atoms with E-state index in [9.17, 15) is 18.3 Å². The number of nitrogens with zero attached hydrogens (tertiary/aromatic N) is 1. The summed E-state index contributed by atoms with van der Waals surface area (Å²) >= 11 is 1.03. The lowest BCUT2D eigenvalue weighted by atomic mass is 10.1. The fraction of sp³-hybridized carbons (Fsp3) is 0.158. The largest absolute Gasteiger partial charge is 0.481 e. The Morgan fingerprint density at radius 3 is 2.33 bits per heavy atom. The van der Waals surface area contributed by atoms with Gasteiger partial charge in [-0.2, -0.15) is 0 Å². The van der Waals surface area contributed by atoms with Crippen molar-refractivity contribution in [3.63, 3.8) is 0 Å². The minimum Gasteiger partial charge on any atom is -0.481 e. The monoisotopic (exact) mass is 402 g/mol. The molecule has 0 spiro atoms. The Hall–Kier alpha value is -2.71. The van der Waals surface area contributed by atoms with Gasteiger partial charge in [0, 0.05) is 11.1 Å². The van der Waals surface area contributed by atoms with Crippen LogP contribution >= 0.6 is 11.3 Å². The summed E-state index contributed by atoms with van der Waals surface area (Å²) in [5.74, 6) is -1.64. The van der Waals surface area contributed by atoms with Crippen LogP contribution in [0.2, 0.25) is 0 Å². The first-order chi connectivity index (χ1) is 12.9. The number of nitrogens with one attached hydrogen (secondary N) is 1. The van der Waals surface area contributed by atoms with E-state index in [4.69, 9.17) is 0 Å². The molecule has 0 amide bonds. The lowest BCUT2D eigenvalue weighted by Crippen LogP contribution is -2.12. The lowest BCUT2D eigenvalue weighted by Gasteiger charge is -2.07. The van der Waals surface area contributed by atoms with E-state index < -0.39 is 21.9 Å². The average Bonchev–Trinajstić information content (AvgIpc) is 3.10. The normalized spacial score (nSPS) is 12.5. The fourth-order valence-electron chi connectivity index (χ4n) is 2.62. The van der Waals surface area contributed by atoms with Gasteiger partial charge in [0.15, 0.2) is 5.13 Å². The van der Waals surface area contributed by atoms with E-state index in [0.29, 0.717) is 11.3 Å². The zero-order chi connectivity index (χ0) is 19.4.